The van der Waals surface area contributed by atoms with Crippen molar-refractivity contribution >= 4 is 5.97 Å². The summed E-state index contributed by atoms with van der Waals surface area (Å²) in [6.07, 6.45) is 1.93. The van der Waals surface area contributed by atoms with Crippen LogP contribution >= 0.6 is 0 Å². The average molecular weight is 489 g/mol. The molecule has 190 valence electrons. The van der Waals surface area contributed by atoms with Gasteiger partial charge < -0.3 is 19.7 Å². The van der Waals surface area contributed by atoms with Gasteiger partial charge in [0.05, 0.1) is 13.2 Å². The predicted octanol–water partition coefficient (Wildman–Crippen LogP) is 5.61. The van der Waals surface area contributed by atoms with Crippen molar-refractivity contribution in [1.82, 2.24) is 0 Å². The minimum absolute atomic E-state index is 0.0821. The minimum Gasteiger partial charge on any atom is -0.493 e. The Balaban J connectivity index is 1.87. The summed E-state index contributed by atoms with van der Waals surface area (Å²) in [7, 11) is 0. The molecule has 0 bridgehead atoms. The molecule has 2 N–H and O–H groups in total. The second kappa shape index (κ2) is 13.6. The van der Waals surface area contributed by atoms with Crippen molar-refractivity contribution in [2.45, 2.75) is 33.1 Å². The molecule has 0 amide bonds. The van der Waals surface area contributed by atoms with E-state index in [-0.39, 0.29) is 25.7 Å². The highest BCUT2D eigenvalue weighted by Crippen LogP contribution is 2.33. The lowest BCUT2D eigenvalue weighted by atomic mass is 9.92. The quantitative estimate of drug-likeness (QED) is 0.241. The van der Waals surface area contributed by atoms with Gasteiger partial charge in [0.2, 0.25) is 0 Å². The molecular weight excluding hydrogens is 452 g/mol. The van der Waals surface area contributed by atoms with Gasteiger partial charge in [0, 0.05) is 31.1 Å². The van der Waals surface area contributed by atoms with Gasteiger partial charge in [-0.2, -0.15) is 0 Å². The first kappa shape index (κ1) is 27.2. The molecule has 0 aliphatic rings. The summed E-state index contributed by atoms with van der Waals surface area (Å²) in [6.45, 7) is 7.84. The zero-order valence-corrected chi connectivity index (χ0v) is 21.2. The van der Waals surface area contributed by atoms with Crippen molar-refractivity contribution in [2.24, 2.45) is 5.92 Å². The summed E-state index contributed by atoms with van der Waals surface area (Å²) in [5.74, 6) is 0.0883. The first-order valence-corrected chi connectivity index (χ1v) is 12.5. The molecule has 0 heterocycles. The van der Waals surface area contributed by atoms with Crippen LogP contribution in [0.2, 0.25) is 0 Å². The summed E-state index contributed by atoms with van der Waals surface area (Å²) in [5, 5.41) is 18.6. The van der Waals surface area contributed by atoms with E-state index in [1.165, 1.54) is 16.7 Å². The number of hydrogen-bond donors (Lipinski definition) is 2. The van der Waals surface area contributed by atoms with Crippen LogP contribution in [-0.4, -0.2) is 42.6 Å². The molecule has 0 spiro atoms. The number of aryl methyl sites for hydroxylation is 1. The lowest BCUT2D eigenvalue weighted by Gasteiger charge is -2.17. The summed E-state index contributed by atoms with van der Waals surface area (Å²) in [4.78, 5) is 11.9. The molecule has 5 heteroatoms. The molecule has 3 aromatic rings. The van der Waals surface area contributed by atoms with Crippen LogP contribution in [0.5, 0.6) is 5.75 Å². The molecule has 0 aliphatic carbocycles. The normalized spacial score (nSPS) is 10.9. The van der Waals surface area contributed by atoms with E-state index in [2.05, 4.69) is 49.9 Å². The second-order valence-electron chi connectivity index (χ2n) is 8.95. The molecule has 3 aromatic carbocycles. The maximum atomic E-state index is 11.9. The van der Waals surface area contributed by atoms with Gasteiger partial charge in [-0.15, -0.1) is 0 Å². The van der Waals surface area contributed by atoms with Crippen LogP contribution < -0.4 is 4.74 Å². The fourth-order valence-electron chi connectivity index (χ4n) is 4.01. The van der Waals surface area contributed by atoms with Crippen molar-refractivity contribution in [3.05, 3.63) is 90.0 Å². The van der Waals surface area contributed by atoms with Crippen molar-refractivity contribution in [3.63, 3.8) is 0 Å². The van der Waals surface area contributed by atoms with Crippen LogP contribution in [0.4, 0.5) is 0 Å². The fraction of sp³-hybridized carbons (Fsp3) is 0.323. The third-order valence-electron chi connectivity index (χ3n) is 6.22. The van der Waals surface area contributed by atoms with Crippen LogP contribution in [0, 0.1) is 5.92 Å². The molecule has 0 saturated heterocycles. The summed E-state index contributed by atoms with van der Waals surface area (Å²) in [6, 6.07) is 23.0. The molecular formula is C31H36O5. The van der Waals surface area contributed by atoms with Crippen molar-refractivity contribution in [2.75, 3.05) is 26.4 Å². The first-order chi connectivity index (χ1) is 17.5. The van der Waals surface area contributed by atoms with Gasteiger partial charge in [0.15, 0.2) is 0 Å². The molecule has 0 unspecified atom stereocenters. The van der Waals surface area contributed by atoms with Gasteiger partial charge in [-0.25, -0.2) is 4.79 Å². The van der Waals surface area contributed by atoms with Crippen LogP contribution in [0.15, 0.2) is 78.9 Å². The smallest absolute Gasteiger partial charge is 0.333 e. The van der Waals surface area contributed by atoms with Crippen molar-refractivity contribution < 1.29 is 24.5 Å². The van der Waals surface area contributed by atoms with Gasteiger partial charge in [-0.05, 0) is 65.3 Å². The number of ether oxygens (including phenoxy) is 2. The van der Waals surface area contributed by atoms with Crippen molar-refractivity contribution in [1.29, 1.82) is 0 Å². The molecule has 36 heavy (non-hydrogen) atoms. The largest absolute Gasteiger partial charge is 0.493 e. The lowest BCUT2D eigenvalue weighted by Crippen LogP contribution is -2.15. The Morgan fingerprint density at radius 3 is 2.25 bits per heavy atom. The Kier molecular flexibility index (Phi) is 10.3. The van der Waals surface area contributed by atoms with Gasteiger partial charge in [-0.1, -0.05) is 68.1 Å². The van der Waals surface area contributed by atoms with Crippen molar-refractivity contribution in [3.8, 4) is 28.0 Å². The number of esters is 1. The molecule has 3 rings (SSSR count). The molecule has 0 saturated carbocycles. The third-order valence-corrected chi connectivity index (χ3v) is 6.22. The van der Waals surface area contributed by atoms with E-state index >= 15 is 0 Å². The maximum absolute atomic E-state index is 11.9. The number of rotatable bonds is 13. The van der Waals surface area contributed by atoms with Gasteiger partial charge >= 0.3 is 5.97 Å². The highest BCUT2D eigenvalue weighted by atomic mass is 16.5. The molecule has 0 atom stereocenters. The van der Waals surface area contributed by atoms with Gasteiger partial charge in [-0.3, -0.25) is 0 Å². The van der Waals surface area contributed by atoms with Crippen LogP contribution in [-0.2, 0) is 22.4 Å². The minimum atomic E-state index is -0.410. The zero-order valence-electron chi connectivity index (χ0n) is 21.2. The molecule has 0 fully saturated rings. The number of aliphatic hydroxyl groups is 2. The summed E-state index contributed by atoms with van der Waals surface area (Å²) >= 11 is 0. The number of carbonyl (C=O) groups excluding carboxylic acids is 1. The highest BCUT2D eigenvalue weighted by molar-refractivity contribution is 5.86. The maximum Gasteiger partial charge on any atom is 0.333 e. The average Bonchev–Trinajstić information content (AvgIpc) is 2.91. The summed E-state index contributed by atoms with van der Waals surface area (Å²) < 4.78 is 11.4. The molecule has 5 nitrogen and oxygen atoms in total. The third kappa shape index (κ3) is 7.30. The topological polar surface area (TPSA) is 76.0 Å². The predicted molar refractivity (Wildman–Crippen MR) is 144 cm³/mol. The first-order valence-electron chi connectivity index (χ1n) is 12.5. The number of benzene rings is 3. The Morgan fingerprint density at radius 2 is 1.58 bits per heavy atom. The van der Waals surface area contributed by atoms with E-state index in [1.54, 1.807) is 6.92 Å². The summed E-state index contributed by atoms with van der Waals surface area (Å²) in [5.41, 5.74) is 7.15. The SMILES string of the molecule is C=C(C)C(=O)OCCc1cc(-c2ccc(-c3ccccc3)cc2CC)ccc1OCCC(CO)CO. The lowest BCUT2D eigenvalue weighted by molar-refractivity contribution is -0.138. The molecule has 0 aromatic heterocycles. The van der Waals surface area contributed by atoms with E-state index in [0.717, 1.165) is 23.1 Å². The van der Waals surface area contributed by atoms with E-state index in [4.69, 9.17) is 9.47 Å². The van der Waals surface area contributed by atoms with Crippen LogP contribution in [0.25, 0.3) is 22.3 Å². The van der Waals surface area contributed by atoms with Crippen LogP contribution in [0.3, 0.4) is 0 Å². The van der Waals surface area contributed by atoms with Gasteiger partial charge in [0.1, 0.15) is 5.75 Å². The molecule has 0 radical (unpaired) electrons. The standard InChI is InChI=1S/C31H36O5/c1-4-24-18-26(25-8-6-5-7-9-25)10-12-29(24)27-11-13-30(35-16-14-23(20-32)21-33)28(19-27)15-17-36-31(34)22(2)3/h5-13,18-19,23,32-33H,2,4,14-17,20-21H2,1,3H3. The number of carbonyl (C=O) groups is 1. The van der Waals surface area contributed by atoms with E-state index in [0.29, 0.717) is 30.8 Å². The highest BCUT2D eigenvalue weighted by Gasteiger charge is 2.13. The Morgan fingerprint density at radius 1 is 0.889 bits per heavy atom. The Bertz CT molecular complexity index is 1150. The Labute approximate surface area is 214 Å². The second-order valence-corrected chi connectivity index (χ2v) is 8.95. The number of hydrogen-bond acceptors (Lipinski definition) is 5. The van der Waals surface area contributed by atoms with E-state index < -0.39 is 5.97 Å². The van der Waals surface area contributed by atoms with Crippen LogP contribution in [0.1, 0.15) is 31.4 Å². The van der Waals surface area contributed by atoms with E-state index in [9.17, 15) is 15.0 Å². The van der Waals surface area contributed by atoms with Gasteiger partial charge in [0.25, 0.3) is 0 Å². The monoisotopic (exact) mass is 488 g/mol. The zero-order chi connectivity index (χ0) is 25.9. The molecule has 0 aliphatic heterocycles. The number of aliphatic hydroxyl groups excluding tert-OH is 2. The Hall–Kier alpha value is -3.41. The van der Waals surface area contributed by atoms with E-state index in [1.807, 2.05) is 30.3 Å². The fourth-order valence-corrected chi connectivity index (χ4v) is 4.01.